The van der Waals surface area contributed by atoms with Crippen LogP contribution in [0.2, 0.25) is 5.02 Å². The first-order valence-corrected chi connectivity index (χ1v) is 5.66. The molecular formula is C14H10ClFO2. The molecule has 0 atom stereocenters. The first-order chi connectivity index (χ1) is 8.49. The van der Waals surface area contributed by atoms with Gasteiger partial charge in [-0.05, 0) is 48.4 Å². The second-order valence-electron chi connectivity index (χ2n) is 3.96. The largest absolute Gasteiger partial charge is 0.478 e. The minimum atomic E-state index is -0.991. The summed E-state index contributed by atoms with van der Waals surface area (Å²) in [6.45, 7) is 1.77. The van der Waals surface area contributed by atoms with Gasteiger partial charge < -0.3 is 5.11 Å². The van der Waals surface area contributed by atoms with E-state index < -0.39 is 5.97 Å². The van der Waals surface area contributed by atoms with E-state index in [1.165, 1.54) is 24.3 Å². The Morgan fingerprint density at radius 3 is 2.50 bits per heavy atom. The zero-order valence-corrected chi connectivity index (χ0v) is 10.3. The van der Waals surface area contributed by atoms with Gasteiger partial charge in [0.15, 0.2) is 0 Å². The number of halogens is 2. The van der Waals surface area contributed by atoms with Gasteiger partial charge in [-0.15, -0.1) is 0 Å². The number of benzene rings is 2. The highest BCUT2D eigenvalue weighted by Gasteiger charge is 2.10. The van der Waals surface area contributed by atoms with E-state index >= 15 is 0 Å². The fraction of sp³-hybridized carbons (Fsp3) is 0.0714. The van der Waals surface area contributed by atoms with E-state index in [1.54, 1.807) is 19.1 Å². The van der Waals surface area contributed by atoms with E-state index in [0.29, 0.717) is 10.6 Å². The van der Waals surface area contributed by atoms with E-state index in [0.717, 1.165) is 11.1 Å². The Morgan fingerprint density at radius 2 is 1.89 bits per heavy atom. The van der Waals surface area contributed by atoms with Crippen LogP contribution >= 0.6 is 11.6 Å². The summed E-state index contributed by atoms with van der Waals surface area (Å²) in [6, 6.07) is 8.76. The van der Waals surface area contributed by atoms with Crippen molar-refractivity contribution in [2.45, 2.75) is 6.92 Å². The fourth-order valence-corrected chi connectivity index (χ4v) is 2.02. The second-order valence-corrected chi connectivity index (χ2v) is 4.37. The minimum absolute atomic E-state index is 0.198. The summed E-state index contributed by atoms with van der Waals surface area (Å²) >= 11 is 6.02. The molecule has 4 heteroatoms. The third-order valence-corrected chi connectivity index (χ3v) is 3.02. The van der Waals surface area contributed by atoms with Gasteiger partial charge in [0.05, 0.1) is 5.56 Å². The maximum Gasteiger partial charge on any atom is 0.335 e. The first kappa shape index (κ1) is 12.6. The maximum absolute atomic E-state index is 13.2. The molecule has 2 aromatic carbocycles. The van der Waals surface area contributed by atoms with Crippen LogP contribution in [0.4, 0.5) is 4.39 Å². The quantitative estimate of drug-likeness (QED) is 0.885. The summed E-state index contributed by atoms with van der Waals surface area (Å²) in [5.74, 6) is -1.37. The topological polar surface area (TPSA) is 37.3 Å². The van der Waals surface area contributed by atoms with E-state index in [2.05, 4.69) is 0 Å². The van der Waals surface area contributed by atoms with E-state index in [1.807, 2.05) is 0 Å². The molecule has 0 aliphatic carbocycles. The number of hydrogen-bond acceptors (Lipinski definition) is 1. The lowest BCUT2D eigenvalue weighted by Gasteiger charge is -2.09. The summed E-state index contributed by atoms with van der Waals surface area (Å²) in [6.07, 6.45) is 0. The number of carbonyl (C=O) groups is 1. The molecule has 0 bridgehead atoms. The van der Waals surface area contributed by atoms with Crippen LogP contribution in [0.3, 0.4) is 0 Å². The predicted octanol–water partition coefficient (Wildman–Crippen LogP) is 4.15. The van der Waals surface area contributed by atoms with Crippen molar-refractivity contribution in [3.05, 3.63) is 58.4 Å². The lowest BCUT2D eigenvalue weighted by atomic mass is 9.98. The van der Waals surface area contributed by atoms with Gasteiger partial charge in [-0.25, -0.2) is 9.18 Å². The van der Waals surface area contributed by atoms with Crippen molar-refractivity contribution in [1.82, 2.24) is 0 Å². The molecule has 0 unspecified atom stereocenters. The molecule has 0 amide bonds. The first-order valence-electron chi connectivity index (χ1n) is 5.28. The average molecular weight is 265 g/mol. The Labute approximate surface area is 109 Å². The monoisotopic (exact) mass is 264 g/mol. The van der Waals surface area contributed by atoms with Crippen LogP contribution in [0.5, 0.6) is 0 Å². The van der Waals surface area contributed by atoms with Gasteiger partial charge in [-0.2, -0.15) is 0 Å². The Morgan fingerprint density at radius 1 is 1.17 bits per heavy atom. The molecule has 2 nitrogen and oxygen atoms in total. The highest BCUT2D eigenvalue weighted by Crippen LogP contribution is 2.31. The van der Waals surface area contributed by atoms with Crippen molar-refractivity contribution < 1.29 is 14.3 Å². The van der Waals surface area contributed by atoms with Crippen LogP contribution in [0.25, 0.3) is 11.1 Å². The van der Waals surface area contributed by atoms with Crippen molar-refractivity contribution >= 4 is 17.6 Å². The van der Waals surface area contributed by atoms with E-state index in [4.69, 9.17) is 16.7 Å². The van der Waals surface area contributed by atoms with Gasteiger partial charge in [0.2, 0.25) is 0 Å². The molecule has 2 aromatic rings. The standard InChI is InChI=1S/C14H10ClFO2/c1-8-6-9(14(17)18)2-4-11(8)12-7-10(16)3-5-13(12)15/h2-7H,1H3,(H,17,18). The average Bonchev–Trinajstić information content (AvgIpc) is 2.32. The van der Waals surface area contributed by atoms with Gasteiger partial charge in [-0.1, -0.05) is 17.7 Å². The Bertz CT molecular complexity index is 623. The molecule has 0 heterocycles. The molecule has 0 saturated carbocycles. The highest BCUT2D eigenvalue weighted by atomic mass is 35.5. The number of aryl methyl sites for hydroxylation is 1. The smallest absolute Gasteiger partial charge is 0.335 e. The van der Waals surface area contributed by atoms with Crippen LogP contribution < -0.4 is 0 Å². The number of carboxylic acids is 1. The number of carboxylic acid groups (broad SMARTS) is 1. The zero-order chi connectivity index (χ0) is 13.3. The van der Waals surface area contributed by atoms with Gasteiger partial charge in [-0.3, -0.25) is 0 Å². The summed E-state index contributed by atoms with van der Waals surface area (Å²) < 4.78 is 13.2. The Balaban J connectivity index is 2.58. The molecule has 0 spiro atoms. The van der Waals surface area contributed by atoms with Gasteiger partial charge in [0.1, 0.15) is 5.82 Å². The van der Waals surface area contributed by atoms with Crippen LogP contribution in [0.15, 0.2) is 36.4 Å². The van der Waals surface area contributed by atoms with Gasteiger partial charge >= 0.3 is 5.97 Å². The van der Waals surface area contributed by atoms with Crippen molar-refractivity contribution in [3.63, 3.8) is 0 Å². The van der Waals surface area contributed by atoms with E-state index in [-0.39, 0.29) is 11.4 Å². The minimum Gasteiger partial charge on any atom is -0.478 e. The summed E-state index contributed by atoms with van der Waals surface area (Å²) in [5.41, 5.74) is 2.22. The molecular weight excluding hydrogens is 255 g/mol. The fourth-order valence-electron chi connectivity index (χ4n) is 1.80. The number of rotatable bonds is 2. The Kier molecular flexibility index (Phi) is 3.34. The molecule has 0 aliphatic rings. The van der Waals surface area contributed by atoms with Crippen LogP contribution in [-0.2, 0) is 0 Å². The summed E-state index contributed by atoms with van der Waals surface area (Å²) in [5, 5.41) is 9.32. The number of hydrogen-bond donors (Lipinski definition) is 1. The normalized spacial score (nSPS) is 10.4. The molecule has 18 heavy (non-hydrogen) atoms. The van der Waals surface area contributed by atoms with E-state index in [9.17, 15) is 9.18 Å². The van der Waals surface area contributed by atoms with Crippen LogP contribution in [0.1, 0.15) is 15.9 Å². The van der Waals surface area contributed by atoms with Gasteiger partial charge in [0.25, 0.3) is 0 Å². The van der Waals surface area contributed by atoms with Crippen LogP contribution in [0, 0.1) is 12.7 Å². The maximum atomic E-state index is 13.2. The highest BCUT2D eigenvalue weighted by molar-refractivity contribution is 6.33. The number of aromatic carboxylic acids is 1. The van der Waals surface area contributed by atoms with Crippen molar-refractivity contribution in [3.8, 4) is 11.1 Å². The molecule has 0 aliphatic heterocycles. The van der Waals surface area contributed by atoms with Crippen molar-refractivity contribution in [2.24, 2.45) is 0 Å². The third kappa shape index (κ3) is 2.36. The molecule has 0 radical (unpaired) electrons. The molecule has 0 fully saturated rings. The molecule has 0 aromatic heterocycles. The van der Waals surface area contributed by atoms with Gasteiger partial charge in [0, 0.05) is 10.6 Å². The SMILES string of the molecule is Cc1cc(C(=O)O)ccc1-c1cc(F)ccc1Cl. The second kappa shape index (κ2) is 4.78. The Hall–Kier alpha value is -1.87. The lowest BCUT2D eigenvalue weighted by molar-refractivity contribution is 0.0697. The van der Waals surface area contributed by atoms with Crippen molar-refractivity contribution in [1.29, 1.82) is 0 Å². The molecule has 0 saturated heterocycles. The summed E-state index contributed by atoms with van der Waals surface area (Å²) in [4.78, 5) is 10.8. The molecule has 2 rings (SSSR count). The zero-order valence-electron chi connectivity index (χ0n) is 9.58. The summed E-state index contributed by atoms with van der Waals surface area (Å²) in [7, 11) is 0. The third-order valence-electron chi connectivity index (χ3n) is 2.69. The molecule has 1 N–H and O–H groups in total. The lowest BCUT2D eigenvalue weighted by Crippen LogP contribution is -1.97. The van der Waals surface area contributed by atoms with Crippen molar-refractivity contribution in [2.75, 3.05) is 0 Å². The predicted molar refractivity (Wildman–Crippen MR) is 68.5 cm³/mol. The van der Waals surface area contributed by atoms with Crippen LogP contribution in [-0.4, -0.2) is 11.1 Å². The molecule has 92 valence electrons.